The molecule has 2 N–H and O–H groups in total. The van der Waals surface area contributed by atoms with Crippen LogP contribution in [-0.4, -0.2) is 26.2 Å². The quantitative estimate of drug-likeness (QED) is 0.551. The summed E-state index contributed by atoms with van der Waals surface area (Å²) in [6.07, 6.45) is 0.369. The van der Waals surface area contributed by atoms with Crippen molar-refractivity contribution in [3.8, 4) is 10.7 Å². The molecule has 1 aromatic carbocycles. The highest BCUT2D eigenvalue weighted by Gasteiger charge is 2.14. The summed E-state index contributed by atoms with van der Waals surface area (Å²) in [5.41, 5.74) is 1.16. The van der Waals surface area contributed by atoms with Crippen LogP contribution in [0, 0.1) is 0 Å². The molecule has 0 saturated carbocycles. The second-order valence-corrected chi connectivity index (χ2v) is 6.53. The number of benzene rings is 1. The molecule has 0 aliphatic carbocycles. The summed E-state index contributed by atoms with van der Waals surface area (Å²) in [7, 11) is 0. The summed E-state index contributed by atoms with van der Waals surface area (Å²) in [6.45, 7) is 0. The number of rotatable bonds is 5. The number of hydrogen-bond donors (Lipinski definition) is 2. The van der Waals surface area contributed by atoms with Crippen LogP contribution in [0.1, 0.15) is 21.9 Å². The number of hydrogen-bond acceptors (Lipinski definition) is 7. The number of aromatic amines is 1. The highest BCUT2D eigenvalue weighted by molar-refractivity contribution is 7.13. The molecule has 8 nitrogen and oxygen atoms in total. The lowest BCUT2D eigenvalue weighted by Gasteiger charge is -2.09. The van der Waals surface area contributed by atoms with Gasteiger partial charge in [0.2, 0.25) is 11.7 Å². The number of amides is 1. The van der Waals surface area contributed by atoms with Crippen molar-refractivity contribution in [2.24, 2.45) is 0 Å². The maximum atomic E-state index is 12.3. The van der Waals surface area contributed by atoms with Gasteiger partial charge >= 0.3 is 0 Å². The number of aromatic nitrogens is 4. The number of carbonyl (C=O) groups is 1. The minimum atomic E-state index is -0.427. The van der Waals surface area contributed by atoms with Gasteiger partial charge in [0.1, 0.15) is 5.69 Å². The lowest BCUT2D eigenvalue weighted by Crippen LogP contribution is -2.18. The maximum Gasteiger partial charge on any atom is 0.276 e. The fraction of sp³-hybridized carbons (Fsp3) is 0.0556. The average Bonchev–Trinajstić information content (AvgIpc) is 3.35. The van der Waals surface area contributed by atoms with Crippen LogP contribution in [0.25, 0.3) is 10.7 Å². The van der Waals surface area contributed by atoms with E-state index in [1.165, 1.54) is 23.5 Å². The Morgan fingerprint density at radius 2 is 2.04 bits per heavy atom. The predicted molar refractivity (Wildman–Crippen MR) is 99.7 cm³/mol. The number of H-pyrrole nitrogens is 1. The van der Waals surface area contributed by atoms with Crippen LogP contribution in [0.4, 0.5) is 5.69 Å². The van der Waals surface area contributed by atoms with Crippen molar-refractivity contribution in [3.05, 3.63) is 81.4 Å². The van der Waals surface area contributed by atoms with Crippen LogP contribution in [0.15, 0.2) is 63.2 Å². The zero-order valence-corrected chi connectivity index (χ0v) is 14.7. The summed E-state index contributed by atoms with van der Waals surface area (Å²) >= 11 is 1.53. The smallest absolute Gasteiger partial charge is 0.276 e. The third-order valence-electron chi connectivity index (χ3n) is 3.73. The summed E-state index contributed by atoms with van der Waals surface area (Å²) in [6, 6.07) is 13.8. The van der Waals surface area contributed by atoms with Gasteiger partial charge in [-0.2, -0.15) is 10.1 Å². The normalized spacial score (nSPS) is 10.7. The van der Waals surface area contributed by atoms with Crippen LogP contribution in [0.5, 0.6) is 0 Å². The molecular weight excluding hydrogens is 366 g/mol. The first-order valence-electron chi connectivity index (χ1n) is 8.00. The zero-order chi connectivity index (χ0) is 18.6. The summed E-state index contributed by atoms with van der Waals surface area (Å²) in [4.78, 5) is 28.7. The van der Waals surface area contributed by atoms with E-state index in [0.717, 1.165) is 10.4 Å². The van der Waals surface area contributed by atoms with E-state index in [4.69, 9.17) is 4.52 Å². The lowest BCUT2D eigenvalue weighted by atomic mass is 10.1. The number of nitrogens with zero attached hydrogens (tertiary/aromatic N) is 3. The summed E-state index contributed by atoms with van der Waals surface area (Å²) in [5.74, 6) is 0.560. The van der Waals surface area contributed by atoms with Gasteiger partial charge in [-0.25, -0.2) is 5.10 Å². The Labute approximate surface area is 156 Å². The van der Waals surface area contributed by atoms with Crippen molar-refractivity contribution in [2.45, 2.75) is 6.42 Å². The Hall–Kier alpha value is -3.59. The molecular formula is C18H13N5O3S. The lowest BCUT2D eigenvalue weighted by molar-refractivity contribution is 0.102. The van der Waals surface area contributed by atoms with Gasteiger partial charge in [0.15, 0.2) is 0 Å². The molecule has 3 heterocycles. The standard InChI is InChI=1S/C18H13N5O3S/c24-15-8-7-13(21-22-15)18(25)19-12-5-2-1-4-11(12)10-16-20-17(23-26-16)14-6-3-9-27-14/h1-9H,10H2,(H,19,25)(H,22,24). The van der Waals surface area contributed by atoms with E-state index in [1.54, 1.807) is 6.07 Å². The second kappa shape index (κ2) is 7.34. The summed E-state index contributed by atoms with van der Waals surface area (Å²) < 4.78 is 5.33. The fourth-order valence-corrected chi connectivity index (χ4v) is 3.10. The van der Waals surface area contributed by atoms with Gasteiger partial charge in [0.25, 0.3) is 11.5 Å². The highest BCUT2D eigenvalue weighted by Crippen LogP contribution is 2.23. The zero-order valence-electron chi connectivity index (χ0n) is 13.9. The largest absolute Gasteiger partial charge is 0.339 e. The molecule has 0 aliphatic rings. The SMILES string of the molecule is O=C(Nc1ccccc1Cc1nc(-c2cccs2)no1)c1ccc(=O)[nH]n1. The Bertz CT molecular complexity index is 1110. The van der Waals surface area contributed by atoms with Crippen molar-refractivity contribution in [2.75, 3.05) is 5.32 Å². The fourth-order valence-electron chi connectivity index (χ4n) is 2.45. The topological polar surface area (TPSA) is 114 Å². The molecule has 0 atom stereocenters. The van der Waals surface area contributed by atoms with Gasteiger partial charge in [-0.1, -0.05) is 29.4 Å². The minimum Gasteiger partial charge on any atom is -0.339 e. The van der Waals surface area contributed by atoms with Crippen molar-refractivity contribution in [1.82, 2.24) is 20.3 Å². The van der Waals surface area contributed by atoms with Gasteiger partial charge in [-0.15, -0.1) is 11.3 Å². The van der Waals surface area contributed by atoms with Gasteiger partial charge in [0.05, 0.1) is 11.3 Å². The van der Waals surface area contributed by atoms with E-state index in [0.29, 0.717) is 23.8 Å². The van der Waals surface area contributed by atoms with E-state index in [2.05, 4.69) is 25.7 Å². The van der Waals surface area contributed by atoms with E-state index in [1.807, 2.05) is 35.7 Å². The third-order valence-corrected chi connectivity index (χ3v) is 4.59. The molecule has 0 unspecified atom stereocenters. The van der Waals surface area contributed by atoms with Crippen LogP contribution in [-0.2, 0) is 6.42 Å². The van der Waals surface area contributed by atoms with Crippen molar-refractivity contribution >= 4 is 22.9 Å². The predicted octanol–water partition coefficient (Wildman–Crippen LogP) is 2.72. The first kappa shape index (κ1) is 16.9. The van der Waals surface area contributed by atoms with Gasteiger partial charge in [-0.3, -0.25) is 9.59 Å². The molecule has 0 fully saturated rings. The third kappa shape index (κ3) is 3.82. The van der Waals surface area contributed by atoms with Gasteiger partial charge in [0, 0.05) is 11.8 Å². The molecule has 9 heteroatoms. The first-order valence-corrected chi connectivity index (χ1v) is 8.88. The monoisotopic (exact) mass is 379 g/mol. The molecule has 0 aliphatic heterocycles. The van der Waals surface area contributed by atoms with E-state index >= 15 is 0 Å². The molecule has 0 spiro atoms. The van der Waals surface area contributed by atoms with Crippen molar-refractivity contribution in [3.63, 3.8) is 0 Å². The van der Waals surface area contributed by atoms with Crippen LogP contribution in [0.3, 0.4) is 0 Å². The number of anilines is 1. The van der Waals surface area contributed by atoms with E-state index in [9.17, 15) is 9.59 Å². The minimum absolute atomic E-state index is 0.113. The number of carbonyl (C=O) groups excluding carboxylic acids is 1. The molecule has 0 saturated heterocycles. The Morgan fingerprint density at radius 3 is 2.81 bits per heavy atom. The number of nitrogens with one attached hydrogen (secondary N) is 2. The molecule has 0 radical (unpaired) electrons. The molecule has 0 bridgehead atoms. The second-order valence-electron chi connectivity index (χ2n) is 5.58. The van der Waals surface area contributed by atoms with Crippen molar-refractivity contribution in [1.29, 1.82) is 0 Å². The Balaban J connectivity index is 1.54. The van der Waals surface area contributed by atoms with Gasteiger partial charge < -0.3 is 9.84 Å². The molecule has 3 aromatic heterocycles. The number of para-hydroxylation sites is 1. The highest BCUT2D eigenvalue weighted by atomic mass is 32.1. The molecule has 4 aromatic rings. The van der Waals surface area contributed by atoms with E-state index < -0.39 is 5.91 Å². The van der Waals surface area contributed by atoms with E-state index in [-0.39, 0.29) is 11.3 Å². The molecule has 27 heavy (non-hydrogen) atoms. The van der Waals surface area contributed by atoms with Crippen LogP contribution in [0.2, 0.25) is 0 Å². The van der Waals surface area contributed by atoms with Crippen LogP contribution < -0.4 is 10.9 Å². The Morgan fingerprint density at radius 1 is 1.15 bits per heavy atom. The molecule has 1 amide bonds. The Kier molecular flexibility index (Phi) is 4.58. The molecule has 4 rings (SSSR count). The number of thiophene rings is 1. The average molecular weight is 379 g/mol. The van der Waals surface area contributed by atoms with Crippen molar-refractivity contribution < 1.29 is 9.32 Å². The summed E-state index contributed by atoms with van der Waals surface area (Å²) in [5, 5.41) is 14.7. The molecule has 134 valence electrons. The first-order chi connectivity index (χ1) is 13.2. The van der Waals surface area contributed by atoms with Gasteiger partial charge in [-0.05, 0) is 29.1 Å². The van der Waals surface area contributed by atoms with Crippen LogP contribution >= 0.6 is 11.3 Å². The maximum absolute atomic E-state index is 12.3.